The largest absolute Gasteiger partial charge is 0.469 e. The van der Waals surface area contributed by atoms with E-state index >= 15 is 0 Å². The van der Waals surface area contributed by atoms with Gasteiger partial charge in [0.05, 0.1) is 6.26 Å². The molecule has 2 rings (SSSR count). The molecule has 0 saturated carbocycles. The van der Waals surface area contributed by atoms with E-state index in [0.717, 1.165) is 44.2 Å². The number of amides is 1. The molecule has 2 heterocycles. The van der Waals surface area contributed by atoms with Crippen molar-refractivity contribution in [3.63, 3.8) is 0 Å². The summed E-state index contributed by atoms with van der Waals surface area (Å²) < 4.78 is 5.30. The molecule has 0 radical (unpaired) electrons. The molecular formula is C16H26N4O2. The molecule has 1 unspecified atom stereocenters. The Morgan fingerprint density at radius 1 is 1.55 bits per heavy atom. The molecule has 0 spiro atoms. The minimum absolute atomic E-state index is 0.0597. The van der Waals surface area contributed by atoms with E-state index in [2.05, 4.69) is 15.6 Å². The number of hydrogen-bond donors (Lipinski definition) is 2. The Labute approximate surface area is 132 Å². The Bertz CT molecular complexity index is 496. The number of guanidine groups is 1. The van der Waals surface area contributed by atoms with Crippen LogP contribution in [-0.4, -0.2) is 49.5 Å². The molecule has 1 aliphatic rings. The Balaban J connectivity index is 1.73. The molecule has 1 fully saturated rings. The van der Waals surface area contributed by atoms with Gasteiger partial charge in [0.2, 0.25) is 5.91 Å². The van der Waals surface area contributed by atoms with Gasteiger partial charge in [0.25, 0.3) is 0 Å². The number of rotatable bonds is 5. The normalized spacial score (nSPS) is 18.8. The maximum absolute atomic E-state index is 12.0. The molecular weight excluding hydrogens is 280 g/mol. The van der Waals surface area contributed by atoms with Gasteiger partial charge in [-0.25, -0.2) is 0 Å². The first-order valence-electron chi connectivity index (χ1n) is 7.88. The number of carbonyl (C=O) groups excluding carboxylic acids is 1. The lowest BCUT2D eigenvalue weighted by Crippen LogP contribution is -2.45. The lowest BCUT2D eigenvalue weighted by atomic mass is 10.2. The van der Waals surface area contributed by atoms with Crippen LogP contribution < -0.4 is 10.6 Å². The van der Waals surface area contributed by atoms with Gasteiger partial charge < -0.3 is 20.0 Å². The number of aliphatic imine (C=N–C) groups is 1. The Kier molecular flexibility index (Phi) is 5.86. The van der Waals surface area contributed by atoms with E-state index in [-0.39, 0.29) is 17.9 Å². The molecule has 1 saturated heterocycles. The minimum Gasteiger partial charge on any atom is -0.469 e. The van der Waals surface area contributed by atoms with Crippen molar-refractivity contribution in [3.05, 3.63) is 24.2 Å². The quantitative estimate of drug-likeness (QED) is 0.634. The zero-order valence-electron chi connectivity index (χ0n) is 13.6. The van der Waals surface area contributed by atoms with E-state index in [1.165, 1.54) is 0 Å². The van der Waals surface area contributed by atoms with Gasteiger partial charge in [0.15, 0.2) is 5.96 Å². The Morgan fingerprint density at radius 2 is 2.36 bits per heavy atom. The lowest BCUT2D eigenvalue weighted by molar-refractivity contribution is -0.133. The van der Waals surface area contributed by atoms with E-state index < -0.39 is 0 Å². The molecule has 0 aromatic carbocycles. The molecule has 6 heteroatoms. The van der Waals surface area contributed by atoms with Gasteiger partial charge in [-0.3, -0.25) is 9.79 Å². The van der Waals surface area contributed by atoms with E-state index in [4.69, 9.17) is 4.42 Å². The van der Waals surface area contributed by atoms with Crippen LogP contribution in [0.5, 0.6) is 0 Å². The second-order valence-corrected chi connectivity index (χ2v) is 5.90. The maximum atomic E-state index is 12.0. The second kappa shape index (κ2) is 7.87. The van der Waals surface area contributed by atoms with Crippen LogP contribution in [-0.2, 0) is 11.2 Å². The van der Waals surface area contributed by atoms with Gasteiger partial charge in [-0.15, -0.1) is 0 Å². The summed E-state index contributed by atoms with van der Waals surface area (Å²) in [5, 5.41) is 6.66. The summed E-state index contributed by atoms with van der Waals surface area (Å²) in [6, 6.07) is 4.11. The summed E-state index contributed by atoms with van der Waals surface area (Å²) in [5.41, 5.74) is 0. The van der Waals surface area contributed by atoms with Crippen LogP contribution in [0.3, 0.4) is 0 Å². The predicted molar refractivity (Wildman–Crippen MR) is 86.7 cm³/mol. The van der Waals surface area contributed by atoms with E-state index in [0.29, 0.717) is 0 Å². The van der Waals surface area contributed by atoms with Gasteiger partial charge in [-0.05, 0) is 18.6 Å². The van der Waals surface area contributed by atoms with Gasteiger partial charge >= 0.3 is 0 Å². The van der Waals surface area contributed by atoms with Gasteiger partial charge in [0, 0.05) is 45.1 Å². The molecule has 1 amide bonds. The lowest BCUT2D eigenvalue weighted by Gasteiger charge is -2.20. The highest BCUT2D eigenvalue weighted by molar-refractivity contribution is 5.81. The predicted octanol–water partition coefficient (Wildman–Crippen LogP) is 1.24. The summed E-state index contributed by atoms with van der Waals surface area (Å²) >= 11 is 0. The first-order valence-corrected chi connectivity index (χ1v) is 7.88. The summed E-state index contributed by atoms with van der Waals surface area (Å²) in [6.07, 6.45) is 3.45. The van der Waals surface area contributed by atoms with E-state index in [1.807, 2.05) is 30.9 Å². The van der Waals surface area contributed by atoms with Crippen molar-refractivity contribution < 1.29 is 9.21 Å². The van der Waals surface area contributed by atoms with Crippen LogP contribution >= 0.6 is 0 Å². The summed E-state index contributed by atoms with van der Waals surface area (Å²) in [6.45, 7) is 6.21. The zero-order valence-corrected chi connectivity index (χ0v) is 13.6. The average Bonchev–Trinajstić information content (AvgIpc) is 3.16. The number of likely N-dealkylation sites (tertiary alicyclic amines) is 1. The third-order valence-electron chi connectivity index (χ3n) is 3.80. The molecule has 1 aliphatic heterocycles. The number of furan rings is 1. The van der Waals surface area contributed by atoms with E-state index in [1.54, 1.807) is 13.3 Å². The Hall–Kier alpha value is -1.98. The van der Waals surface area contributed by atoms with Crippen LogP contribution in [0.2, 0.25) is 0 Å². The van der Waals surface area contributed by atoms with Crippen LogP contribution in [0, 0.1) is 5.92 Å². The van der Waals surface area contributed by atoms with Crippen molar-refractivity contribution in [2.24, 2.45) is 10.9 Å². The molecule has 0 aliphatic carbocycles. The van der Waals surface area contributed by atoms with Crippen LogP contribution in [0.25, 0.3) is 0 Å². The summed E-state index contributed by atoms with van der Waals surface area (Å²) in [7, 11) is 1.76. The molecule has 6 nitrogen and oxygen atoms in total. The van der Waals surface area contributed by atoms with Crippen molar-refractivity contribution in [2.75, 3.05) is 26.7 Å². The first-order chi connectivity index (χ1) is 10.6. The molecule has 0 bridgehead atoms. The Morgan fingerprint density at radius 3 is 3.00 bits per heavy atom. The third-order valence-corrected chi connectivity index (χ3v) is 3.80. The van der Waals surface area contributed by atoms with Crippen LogP contribution in [0.1, 0.15) is 26.0 Å². The number of nitrogens with one attached hydrogen (secondary N) is 2. The van der Waals surface area contributed by atoms with Crippen LogP contribution in [0.15, 0.2) is 27.8 Å². The third kappa shape index (κ3) is 4.51. The molecule has 22 heavy (non-hydrogen) atoms. The van der Waals surface area contributed by atoms with Crippen molar-refractivity contribution >= 4 is 11.9 Å². The number of hydrogen-bond acceptors (Lipinski definition) is 3. The molecule has 1 aromatic rings. The van der Waals surface area contributed by atoms with Gasteiger partial charge in [-0.1, -0.05) is 13.8 Å². The van der Waals surface area contributed by atoms with Crippen molar-refractivity contribution in [3.8, 4) is 0 Å². The highest BCUT2D eigenvalue weighted by Gasteiger charge is 2.27. The monoisotopic (exact) mass is 306 g/mol. The second-order valence-electron chi connectivity index (χ2n) is 5.90. The minimum atomic E-state index is 0.0597. The maximum Gasteiger partial charge on any atom is 0.225 e. The highest BCUT2D eigenvalue weighted by Crippen LogP contribution is 2.12. The SMILES string of the molecule is CN=C(NCCc1ccco1)NC1CCN(C(=O)C(C)C)C1. The first kappa shape index (κ1) is 16.4. The topological polar surface area (TPSA) is 69.9 Å². The molecule has 2 N–H and O–H groups in total. The van der Waals surface area contributed by atoms with Gasteiger partial charge in [0.1, 0.15) is 5.76 Å². The van der Waals surface area contributed by atoms with E-state index in [9.17, 15) is 4.79 Å². The van der Waals surface area contributed by atoms with Crippen molar-refractivity contribution in [2.45, 2.75) is 32.7 Å². The fourth-order valence-corrected chi connectivity index (χ4v) is 2.59. The standard InChI is InChI=1S/C16H26N4O2/c1-12(2)15(21)20-9-7-13(11-20)19-16(17-3)18-8-6-14-5-4-10-22-14/h4-5,10,12-13H,6-9,11H2,1-3H3,(H2,17,18,19). The number of carbonyl (C=O) groups is 1. The average molecular weight is 306 g/mol. The van der Waals surface area contributed by atoms with Crippen molar-refractivity contribution in [1.82, 2.24) is 15.5 Å². The van der Waals surface area contributed by atoms with Crippen LogP contribution in [0.4, 0.5) is 0 Å². The highest BCUT2D eigenvalue weighted by atomic mass is 16.3. The zero-order chi connectivity index (χ0) is 15.9. The molecule has 1 aromatic heterocycles. The number of nitrogens with zero attached hydrogens (tertiary/aromatic N) is 2. The molecule has 1 atom stereocenters. The molecule has 122 valence electrons. The summed E-state index contributed by atoms with van der Waals surface area (Å²) in [5.74, 6) is 2.02. The van der Waals surface area contributed by atoms with Gasteiger partial charge in [-0.2, -0.15) is 0 Å². The fraction of sp³-hybridized carbons (Fsp3) is 0.625. The summed E-state index contributed by atoms with van der Waals surface area (Å²) in [4.78, 5) is 18.2. The smallest absolute Gasteiger partial charge is 0.225 e. The van der Waals surface area contributed by atoms with Crippen molar-refractivity contribution in [1.29, 1.82) is 0 Å². The fourth-order valence-electron chi connectivity index (χ4n) is 2.59.